The lowest BCUT2D eigenvalue weighted by molar-refractivity contribution is -0.662. The van der Waals surface area contributed by atoms with Crippen molar-refractivity contribution < 1.29 is 52.6 Å². The predicted octanol–water partition coefficient (Wildman–Crippen LogP) is 4.97. The maximum atomic E-state index is 6.49. The minimum absolute atomic E-state index is 0. The molecule has 2 aromatic heterocycles. The summed E-state index contributed by atoms with van der Waals surface area (Å²) in [6, 6.07) is 53.7. The van der Waals surface area contributed by atoms with Crippen LogP contribution in [0, 0.1) is 0 Å². The Hall–Kier alpha value is -5.12. The molecule has 8 aromatic rings. The van der Waals surface area contributed by atoms with E-state index in [-0.39, 0.29) is 34.0 Å². The van der Waals surface area contributed by atoms with Gasteiger partial charge in [-0.3, -0.25) is 0 Å². The molecular weight excluding hydrogens is 895 g/mol. The second-order valence-corrected chi connectivity index (χ2v) is 14.6. The molecule has 0 fully saturated rings. The summed E-state index contributed by atoms with van der Waals surface area (Å²) in [6.07, 6.45) is 4.25. The summed E-state index contributed by atoms with van der Waals surface area (Å²) in [4.78, 5) is 4.41. The number of aromatic nitrogens is 2. The minimum Gasteiger partial charge on any atom is -1.00 e. The predicted molar refractivity (Wildman–Crippen MR) is 229 cm³/mol. The van der Waals surface area contributed by atoms with E-state index < -0.39 is 0 Å². The van der Waals surface area contributed by atoms with Crippen LogP contribution in [0.1, 0.15) is 11.1 Å². The van der Waals surface area contributed by atoms with E-state index in [0.717, 1.165) is 67.2 Å². The van der Waals surface area contributed by atoms with Gasteiger partial charge < -0.3 is 53.2 Å². The molecule has 0 radical (unpaired) electrons. The number of pyridine rings is 2. The quantitative estimate of drug-likeness (QED) is 0.121. The molecule has 0 saturated heterocycles. The minimum atomic E-state index is 0. The van der Waals surface area contributed by atoms with Gasteiger partial charge in [-0.15, -0.1) is 0 Å². The molecule has 8 rings (SSSR count). The SMILES string of the molecule is CN(c1ccccc1)c1cc[n+](Cc2ccc(OCCOc3ccc(C[n+]4ccc(N(C)c5ccccc5)c5ccc(Cl)cc54)cc3)cc2)c2cc(Cl)ccc12.[Br-].[Br-]. The van der Waals surface area contributed by atoms with Crippen molar-refractivity contribution in [3.05, 3.63) is 191 Å². The number of anilines is 4. The van der Waals surface area contributed by atoms with Gasteiger partial charge in [-0.25, -0.2) is 0 Å². The van der Waals surface area contributed by atoms with Crippen LogP contribution >= 0.6 is 23.2 Å². The first-order chi connectivity index (χ1) is 27.4. The van der Waals surface area contributed by atoms with Crippen LogP contribution in [0.4, 0.5) is 22.7 Å². The second kappa shape index (κ2) is 19.6. The summed E-state index contributed by atoms with van der Waals surface area (Å²) in [5.74, 6) is 1.60. The highest BCUT2D eigenvalue weighted by atomic mass is 79.9. The van der Waals surface area contributed by atoms with E-state index >= 15 is 0 Å². The van der Waals surface area contributed by atoms with Crippen molar-refractivity contribution in [1.29, 1.82) is 0 Å². The zero-order valence-corrected chi connectivity index (χ0v) is 36.8. The van der Waals surface area contributed by atoms with Gasteiger partial charge in [0, 0.05) is 70.9 Å². The lowest BCUT2D eigenvalue weighted by Gasteiger charge is -2.20. The maximum absolute atomic E-state index is 6.49. The Balaban J connectivity index is 0.00000283. The highest BCUT2D eigenvalue weighted by Crippen LogP contribution is 2.32. The molecule has 0 N–H and O–H groups in total. The number of halogens is 4. The van der Waals surface area contributed by atoms with Crippen LogP contribution in [0.3, 0.4) is 0 Å². The summed E-state index contributed by atoms with van der Waals surface area (Å²) in [7, 11) is 4.18. The number of hydrogen-bond donors (Lipinski definition) is 0. The number of ether oxygens (including phenoxy) is 2. The van der Waals surface area contributed by atoms with Gasteiger partial charge in [0.1, 0.15) is 24.7 Å². The zero-order chi connectivity index (χ0) is 38.4. The molecular formula is C48H42Br2Cl2N4O2. The highest BCUT2D eigenvalue weighted by Gasteiger charge is 2.19. The summed E-state index contributed by atoms with van der Waals surface area (Å²) >= 11 is 13.0. The Morgan fingerprint density at radius 3 is 1.22 bits per heavy atom. The standard InChI is InChI=1S/C48H42Cl2N4O2.2BrH/c1-51(39-9-5-3-6-10-39)45-25-27-53(47-31-37(49)17-23-43(45)47)33-35-13-19-41(20-14-35)55-29-30-56-42-21-15-36(16-22-42)34-54-28-26-46(44-24-18-38(50)32-48(44)54)52(2)40-11-7-4-8-12-40;;/h3-28,31-32H,29-30,33-34H2,1-2H3;2*1H/q+2;;/p-2. The lowest BCUT2D eigenvalue weighted by Crippen LogP contribution is -3.00. The van der Waals surface area contributed by atoms with Gasteiger partial charge in [0.2, 0.25) is 11.0 Å². The van der Waals surface area contributed by atoms with E-state index in [1.54, 1.807) is 0 Å². The molecule has 0 amide bonds. The van der Waals surface area contributed by atoms with Crippen LogP contribution in [0.5, 0.6) is 11.5 Å². The van der Waals surface area contributed by atoms with Crippen molar-refractivity contribution in [3.63, 3.8) is 0 Å². The molecule has 294 valence electrons. The van der Waals surface area contributed by atoms with Gasteiger partial charge in [0.25, 0.3) is 0 Å². The van der Waals surface area contributed by atoms with E-state index in [9.17, 15) is 0 Å². The normalized spacial score (nSPS) is 10.8. The van der Waals surface area contributed by atoms with Gasteiger partial charge in [-0.05, 0) is 97.1 Å². The van der Waals surface area contributed by atoms with Gasteiger partial charge in [-0.1, -0.05) is 59.6 Å². The van der Waals surface area contributed by atoms with E-state index in [0.29, 0.717) is 36.3 Å². The number of fused-ring (bicyclic) bond motifs is 2. The van der Waals surface area contributed by atoms with Gasteiger partial charge in [0.05, 0.1) is 22.1 Å². The van der Waals surface area contributed by atoms with Crippen molar-refractivity contribution in [2.24, 2.45) is 0 Å². The molecule has 6 nitrogen and oxygen atoms in total. The Morgan fingerprint density at radius 2 is 0.845 bits per heavy atom. The number of nitrogens with zero attached hydrogens (tertiary/aromatic N) is 4. The Morgan fingerprint density at radius 1 is 0.466 bits per heavy atom. The first-order valence-corrected chi connectivity index (χ1v) is 19.4. The summed E-state index contributed by atoms with van der Waals surface area (Å²) in [5, 5.41) is 3.68. The summed E-state index contributed by atoms with van der Waals surface area (Å²) < 4.78 is 16.5. The van der Waals surface area contributed by atoms with Gasteiger partial charge in [-0.2, -0.15) is 9.13 Å². The fourth-order valence-corrected chi connectivity index (χ4v) is 7.45. The third kappa shape index (κ3) is 9.76. The first-order valence-electron chi connectivity index (χ1n) is 18.6. The topological polar surface area (TPSA) is 32.7 Å². The molecule has 0 aliphatic rings. The average Bonchev–Trinajstić information content (AvgIpc) is 3.24. The van der Waals surface area contributed by atoms with E-state index in [1.165, 1.54) is 0 Å². The molecule has 0 spiro atoms. The molecule has 0 atom stereocenters. The summed E-state index contributed by atoms with van der Waals surface area (Å²) in [6.45, 7) is 2.26. The van der Waals surface area contributed by atoms with Crippen LogP contribution in [-0.4, -0.2) is 27.3 Å². The van der Waals surface area contributed by atoms with Crippen LogP contribution in [0.2, 0.25) is 10.0 Å². The molecule has 0 aliphatic heterocycles. The third-order valence-corrected chi connectivity index (χ3v) is 10.6. The third-order valence-electron chi connectivity index (χ3n) is 10.1. The molecule has 6 aromatic carbocycles. The largest absolute Gasteiger partial charge is 1.00 e. The second-order valence-electron chi connectivity index (χ2n) is 13.8. The van der Waals surface area contributed by atoms with E-state index in [4.69, 9.17) is 32.7 Å². The number of rotatable bonds is 13. The fraction of sp³-hybridized carbons (Fsp3) is 0.125. The Labute approximate surface area is 371 Å². The molecule has 0 saturated carbocycles. The highest BCUT2D eigenvalue weighted by molar-refractivity contribution is 6.31. The fourth-order valence-electron chi connectivity index (χ4n) is 7.12. The molecule has 0 unspecified atom stereocenters. The molecule has 58 heavy (non-hydrogen) atoms. The van der Waals surface area contributed by atoms with Crippen LogP contribution in [0.25, 0.3) is 21.8 Å². The first kappa shape index (κ1) is 42.5. The monoisotopic (exact) mass is 934 g/mol. The lowest BCUT2D eigenvalue weighted by atomic mass is 10.1. The van der Waals surface area contributed by atoms with Crippen molar-refractivity contribution in [1.82, 2.24) is 0 Å². The summed E-state index contributed by atoms with van der Waals surface area (Å²) in [5.41, 5.74) is 8.95. The average molecular weight is 938 g/mol. The van der Waals surface area contributed by atoms with Gasteiger partial charge in [0.15, 0.2) is 25.5 Å². The zero-order valence-electron chi connectivity index (χ0n) is 32.1. The molecule has 0 aliphatic carbocycles. The maximum Gasteiger partial charge on any atom is 0.216 e. The van der Waals surface area contributed by atoms with Crippen molar-refractivity contribution >= 4 is 67.8 Å². The molecule has 0 bridgehead atoms. The molecule has 10 heteroatoms. The van der Waals surface area contributed by atoms with Crippen LogP contribution < -0.4 is 62.4 Å². The number of para-hydroxylation sites is 2. The van der Waals surface area contributed by atoms with E-state index in [2.05, 4.69) is 142 Å². The van der Waals surface area contributed by atoms with E-state index in [1.807, 2.05) is 60.7 Å². The van der Waals surface area contributed by atoms with Crippen molar-refractivity contribution in [2.45, 2.75) is 13.1 Å². The number of hydrogen-bond acceptors (Lipinski definition) is 4. The van der Waals surface area contributed by atoms with Crippen LogP contribution in [0.15, 0.2) is 170 Å². The van der Waals surface area contributed by atoms with Gasteiger partial charge >= 0.3 is 0 Å². The number of benzene rings is 6. The smallest absolute Gasteiger partial charge is 0.216 e. The Kier molecular flexibility index (Phi) is 14.3. The van der Waals surface area contributed by atoms with Crippen molar-refractivity contribution in [2.75, 3.05) is 37.1 Å². The van der Waals surface area contributed by atoms with Crippen molar-refractivity contribution in [3.8, 4) is 11.5 Å². The Bertz CT molecular complexity index is 2420. The van der Waals surface area contributed by atoms with Crippen LogP contribution in [-0.2, 0) is 13.1 Å². The molecule has 2 heterocycles.